The molecule has 0 heterocycles. The molecule has 2 heteroatoms. The summed E-state index contributed by atoms with van der Waals surface area (Å²) in [4.78, 5) is 0. The van der Waals surface area contributed by atoms with Crippen molar-refractivity contribution < 1.29 is 4.43 Å². The Morgan fingerprint density at radius 2 is 2.00 bits per heavy atom. The van der Waals surface area contributed by atoms with E-state index in [0.29, 0.717) is 0 Å². The molecule has 0 bridgehead atoms. The molecular formula is C9H14OSi. The summed E-state index contributed by atoms with van der Waals surface area (Å²) in [6.07, 6.45) is 1.25. The second-order valence-electron chi connectivity index (χ2n) is 2.52. The van der Waals surface area contributed by atoms with Gasteiger partial charge in [0.15, 0.2) is 0 Å². The van der Waals surface area contributed by atoms with E-state index in [1.807, 2.05) is 30.3 Å². The van der Waals surface area contributed by atoms with Crippen LogP contribution in [-0.2, 0) is 0 Å². The van der Waals surface area contributed by atoms with E-state index < -0.39 is 0 Å². The Morgan fingerprint density at radius 3 is 2.64 bits per heavy atom. The van der Waals surface area contributed by atoms with Crippen molar-refractivity contribution in [3.05, 3.63) is 30.3 Å². The summed E-state index contributed by atoms with van der Waals surface area (Å²) >= 11 is 0. The largest absolute Gasteiger partial charge is 0.549 e. The molecule has 60 valence electrons. The van der Waals surface area contributed by atoms with Crippen molar-refractivity contribution in [1.29, 1.82) is 0 Å². The van der Waals surface area contributed by atoms with Gasteiger partial charge in [-0.15, -0.1) is 0 Å². The summed E-state index contributed by atoms with van der Waals surface area (Å²) in [6, 6.07) is 11.3. The van der Waals surface area contributed by atoms with Gasteiger partial charge in [0.1, 0.15) is 5.75 Å². The van der Waals surface area contributed by atoms with E-state index in [1.165, 1.54) is 12.5 Å². The van der Waals surface area contributed by atoms with Gasteiger partial charge in [-0.05, 0) is 18.2 Å². The molecule has 0 spiro atoms. The zero-order chi connectivity index (χ0) is 7.94. The van der Waals surface area contributed by atoms with Gasteiger partial charge in [-0.25, -0.2) is 0 Å². The Kier molecular flexibility index (Phi) is 3.76. The van der Waals surface area contributed by atoms with Crippen LogP contribution in [0.1, 0.15) is 13.3 Å². The van der Waals surface area contributed by atoms with Crippen LogP contribution >= 0.6 is 0 Å². The van der Waals surface area contributed by atoms with Crippen molar-refractivity contribution in [3.8, 4) is 5.75 Å². The topological polar surface area (TPSA) is 9.23 Å². The molecule has 0 radical (unpaired) electrons. The molecule has 1 aromatic rings. The molecule has 0 N–H and O–H groups in total. The predicted molar refractivity (Wildman–Crippen MR) is 50.7 cm³/mol. The van der Waals surface area contributed by atoms with E-state index in [9.17, 15) is 0 Å². The molecule has 1 rings (SSSR count). The van der Waals surface area contributed by atoms with E-state index in [-0.39, 0.29) is 9.76 Å². The summed E-state index contributed by atoms with van der Waals surface area (Å²) in [5, 5.41) is 0. The first-order valence-corrected chi connectivity index (χ1v) is 5.69. The molecule has 0 saturated heterocycles. The van der Waals surface area contributed by atoms with E-state index in [2.05, 4.69) is 6.92 Å². The molecule has 0 aliphatic rings. The molecule has 0 fully saturated rings. The Hall–Kier alpha value is -0.763. The van der Waals surface area contributed by atoms with Gasteiger partial charge in [0.05, 0.1) is 0 Å². The van der Waals surface area contributed by atoms with Crippen molar-refractivity contribution in [2.45, 2.75) is 19.4 Å². The minimum atomic E-state index is -0.287. The lowest BCUT2D eigenvalue weighted by Crippen LogP contribution is -1.99. The number of hydrogen-bond donors (Lipinski definition) is 0. The van der Waals surface area contributed by atoms with Gasteiger partial charge in [-0.2, -0.15) is 0 Å². The predicted octanol–water partition coefficient (Wildman–Crippen LogP) is 1.98. The van der Waals surface area contributed by atoms with Crippen LogP contribution in [0.15, 0.2) is 30.3 Å². The first kappa shape index (κ1) is 8.33. The molecule has 0 aromatic heterocycles. The second-order valence-corrected chi connectivity index (χ2v) is 3.92. The number of rotatable bonds is 4. The van der Waals surface area contributed by atoms with Gasteiger partial charge in [-0.1, -0.05) is 31.5 Å². The normalized spacial score (nSPS) is 10.6. The lowest BCUT2D eigenvalue weighted by Gasteiger charge is -2.03. The fourth-order valence-corrected chi connectivity index (χ4v) is 1.71. The van der Waals surface area contributed by atoms with Gasteiger partial charge in [0, 0.05) is 0 Å². The molecule has 0 atom stereocenters. The number of para-hydroxylation sites is 1. The Bertz CT molecular complexity index is 186. The van der Waals surface area contributed by atoms with Crippen LogP contribution in [-0.4, -0.2) is 9.76 Å². The van der Waals surface area contributed by atoms with Gasteiger partial charge in [0.25, 0.3) is 0 Å². The molecule has 0 aliphatic heterocycles. The summed E-state index contributed by atoms with van der Waals surface area (Å²) in [5.41, 5.74) is 0. The third-order valence-corrected chi connectivity index (χ3v) is 3.04. The van der Waals surface area contributed by atoms with Crippen molar-refractivity contribution >= 4 is 9.76 Å². The highest BCUT2D eigenvalue weighted by Crippen LogP contribution is 2.07. The molecule has 0 aliphatic carbocycles. The highest BCUT2D eigenvalue weighted by molar-refractivity contribution is 6.28. The lowest BCUT2D eigenvalue weighted by molar-refractivity contribution is 0.590. The van der Waals surface area contributed by atoms with E-state index in [0.717, 1.165) is 5.75 Å². The van der Waals surface area contributed by atoms with Crippen LogP contribution in [0.4, 0.5) is 0 Å². The quantitative estimate of drug-likeness (QED) is 0.491. The van der Waals surface area contributed by atoms with Crippen molar-refractivity contribution in [3.63, 3.8) is 0 Å². The fourth-order valence-electron chi connectivity index (χ4n) is 0.851. The molecule has 0 amide bonds. The Balaban J connectivity index is 2.28. The highest BCUT2D eigenvalue weighted by Gasteiger charge is 1.89. The Morgan fingerprint density at radius 1 is 1.27 bits per heavy atom. The van der Waals surface area contributed by atoms with Crippen LogP contribution in [0.2, 0.25) is 6.04 Å². The third-order valence-electron chi connectivity index (χ3n) is 1.51. The first-order valence-electron chi connectivity index (χ1n) is 4.11. The maximum absolute atomic E-state index is 5.59. The zero-order valence-corrected chi connectivity index (χ0v) is 8.33. The van der Waals surface area contributed by atoms with E-state index in [4.69, 9.17) is 4.43 Å². The summed E-state index contributed by atoms with van der Waals surface area (Å²) in [6.45, 7) is 2.20. The van der Waals surface area contributed by atoms with E-state index in [1.54, 1.807) is 0 Å². The standard InChI is InChI=1S/C9H14OSi/c1-2-8-11-10-9-6-4-3-5-7-9/h3-7H,2,8,11H2,1H3. The number of hydrogen-bond acceptors (Lipinski definition) is 1. The number of benzene rings is 1. The van der Waals surface area contributed by atoms with Crippen molar-refractivity contribution in [2.24, 2.45) is 0 Å². The maximum Gasteiger partial charge on any atom is 0.219 e. The third kappa shape index (κ3) is 3.23. The van der Waals surface area contributed by atoms with Crippen LogP contribution < -0.4 is 4.43 Å². The molecule has 0 saturated carbocycles. The maximum atomic E-state index is 5.59. The highest BCUT2D eigenvalue weighted by atomic mass is 28.2. The first-order chi connectivity index (χ1) is 5.43. The van der Waals surface area contributed by atoms with Crippen LogP contribution in [0.5, 0.6) is 5.75 Å². The van der Waals surface area contributed by atoms with Crippen LogP contribution in [0, 0.1) is 0 Å². The van der Waals surface area contributed by atoms with Gasteiger partial charge >= 0.3 is 0 Å². The molecule has 1 aromatic carbocycles. The minimum Gasteiger partial charge on any atom is -0.549 e. The molecule has 0 unspecified atom stereocenters. The lowest BCUT2D eigenvalue weighted by atomic mass is 10.3. The van der Waals surface area contributed by atoms with Gasteiger partial charge in [0.2, 0.25) is 9.76 Å². The van der Waals surface area contributed by atoms with Crippen molar-refractivity contribution in [1.82, 2.24) is 0 Å². The molecule has 11 heavy (non-hydrogen) atoms. The monoisotopic (exact) mass is 166 g/mol. The minimum absolute atomic E-state index is 0.287. The summed E-state index contributed by atoms with van der Waals surface area (Å²) in [7, 11) is -0.287. The van der Waals surface area contributed by atoms with E-state index >= 15 is 0 Å². The summed E-state index contributed by atoms with van der Waals surface area (Å²) < 4.78 is 5.59. The van der Waals surface area contributed by atoms with Crippen molar-refractivity contribution in [2.75, 3.05) is 0 Å². The van der Waals surface area contributed by atoms with Crippen LogP contribution in [0.3, 0.4) is 0 Å². The smallest absolute Gasteiger partial charge is 0.219 e. The zero-order valence-electron chi connectivity index (χ0n) is 6.92. The molecule has 1 nitrogen and oxygen atoms in total. The average Bonchev–Trinajstić information content (AvgIpc) is 2.07. The Labute approximate surface area is 70.3 Å². The fraction of sp³-hybridized carbons (Fsp3) is 0.333. The van der Waals surface area contributed by atoms with Gasteiger partial charge in [-0.3, -0.25) is 0 Å². The average molecular weight is 166 g/mol. The van der Waals surface area contributed by atoms with Crippen LogP contribution in [0.25, 0.3) is 0 Å². The SMILES string of the molecule is CCC[SiH2]Oc1ccccc1. The second kappa shape index (κ2) is 4.96. The van der Waals surface area contributed by atoms with Gasteiger partial charge < -0.3 is 4.43 Å². The summed E-state index contributed by atoms with van der Waals surface area (Å²) in [5.74, 6) is 1.03. The molecular weight excluding hydrogens is 152 g/mol.